The van der Waals surface area contributed by atoms with Crippen LogP contribution in [-0.4, -0.2) is 48.8 Å². The maximum atomic E-state index is 10.8. The Kier molecular flexibility index (Phi) is 5.05. The van der Waals surface area contributed by atoms with E-state index in [0.29, 0.717) is 18.6 Å². The third-order valence-electron chi connectivity index (χ3n) is 2.97. The highest BCUT2D eigenvalue weighted by Crippen LogP contribution is 2.36. The first-order valence-electron chi connectivity index (χ1n) is 5.63. The highest BCUT2D eigenvalue weighted by molar-refractivity contribution is 5.69. The molecule has 0 spiro atoms. The number of aliphatic carboxylic acids is 1. The summed E-state index contributed by atoms with van der Waals surface area (Å²) in [4.78, 5) is 12.8. The van der Waals surface area contributed by atoms with Gasteiger partial charge in [0.05, 0.1) is 13.2 Å². The predicted octanol–water partition coefficient (Wildman–Crippen LogP) is 1.21. The fourth-order valence-corrected chi connectivity index (χ4v) is 2.12. The molecule has 1 N–H and O–H groups in total. The van der Waals surface area contributed by atoms with Crippen LogP contribution in [0.5, 0.6) is 0 Å². The first kappa shape index (κ1) is 12.5. The molecule has 0 aromatic rings. The van der Waals surface area contributed by atoms with Gasteiger partial charge in [0.2, 0.25) is 0 Å². The molecule has 0 aromatic carbocycles. The van der Waals surface area contributed by atoms with E-state index < -0.39 is 5.97 Å². The van der Waals surface area contributed by atoms with E-state index in [4.69, 9.17) is 9.84 Å². The van der Waals surface area contributed by atoms with Crippen molar-refractivity contribution in [3.05, 3.63) is 0 Å². The summed E-state index contributed by atoms with van der Waals surface area (Å²) in [6.45, 7) is 3.59. The zero-order chi connectivity index (χ0) is 11.3. The van der Waals surface area contributed by atoms with Crippen molar-refractivity contribution < 1.29 is 14.6 Å². The Balaban J connectivity index is 2.47. The van der Waals surface area contributed by atoms with Crippen LogP contribution in [0.1, 0.15) is 26.2 Å². The highest BCUT2D eigenvalue weighted by atomic mass is 16.5. The fourth-order valence-electron chi connectivity index (χ4n) is 2.12. The maximum absolute atomic E-state index is 10.8. The van der Waals surface area contributed by atoms with Crippen LogP contribution in [0, 0.1) is 5.92 Å². The Hall–Kier alpha value is -0.610. The summed E-state index contributed by atoms with van der Waals surface area (Å²) >= 11 is 0. The van der Waals surface area contributed by atoms with E-state index in [1.54, 1.807) is 7.11 Å². The largest absolute Gasteiger partial charge is 0.480 e. The van der Waals surface area contributed by atoms with E-state index in [2.05, 4.69) is 6.92 Å². The zero-order valence-corrected chi connectivity index (χ0v) is 9.61. The molecule has 0 heterocycles. The smallest absolute Gasteiger partial charge is 0.317 e. The molecule has 4 nitrogen and oxygen atoms in total. The normalized spacial score (nSPS) is 18.1. The number of nitrogens with zero attached hydrogens (tertiary/aromatic N) is 1. The standard InChI is InChI=1S/C11H21NO3/c1-3-10(9-4-5-9)12(6-7-15-2)8-11(13)14/h9-10H,3-8H2,1-2H3,(H,13,14). The van der Waals surface area contributed by atoms with Crippen molar-refractivity contribution in [2.24, 2.45) is 5.92 Å². The van der Waals surface area contributed by atoms with Gasteiger partial charge in [0.25, 0.3) is 0 Å². The Morgan fingerprint density at radius 2 is 2.27 bits per heavy atom. The maximum Gasteiger partial charge on any atom is 0.317 e. The van der Waals surface area contributed by atoms with Crippen molar-refractivity contribution in [1.29, 1.82) is 0 Å². The SMILES string of the molecule is CCC(C1CC1)N(CCOC)CC(=O)O. The molecule has 1 fully saturated rings. The van der Waals surface area contributed by atoms with E-state index in [9.17, 15) is 4.79 Å². The van der Waals surface area contributed by atoms with Crippen molar-refractivity contribution in [1.82, 2.24) is 4.90 Å². The molecule has 1 saturated carbocycles. The van der Waals surface area contributed by atoms with Gasteiger partial charge in [-0.2, -0.15) is 0 Å². The lowest BCUT2D eigenvalue weighted by atomic mass is 10.1. The van der Waals surface area contributed by atoms with Crippen LogP contribution in [0.25, 0.3) is 0 Å². The van der Waals surface area contributed by atoms with Gasteiger partial charge in [-0.15, -0.1) is 0 Å². The summed E-state index contributed by atoms with van der Waals surface area (Å²) in [5.74, 6) is -0.0311. The van der Waals surface area contributed by atoms with Gasteiger partial charge in [0.15, 0.2) is 0 Å². The average molecular weight is 215 g/mol. The molecule has 0 aliphatic heterocycles. The number of carboxylic acids is 1. The van der Waals surface area contributed by atoms with Crippen molar-refractivity contribution in [3.63, 3.8) is 0 Å². The second-order valence-corrected chi connectivity index (χ2v) is 4.17. The molecule has 0 aromatic heterocycles. The summed E-state index contributed by atoms with van der Waals surface area (Å²) in [5.41, 5.74) is 0. The minimum Gasteiger partial charge on any atom is -0.480 e. The second kappa shape index (κ2) is 6.08. The number of methoxy groups -OCH3 is 1. The van der Waals surface area contributed by atoms with Crippen LogP contribution in [-0.2, 0) is 9.53 Å². The number of hydrogen-bond donors (Lipinski definition) is 1. The van der Waals surface area contributed by atoms with E-state index >= 15 is 0 Å². The third kappa shape index (κ3) is 4.18. The molecular weight excluding hydrogens is 194 g/mol. The summed E-state index contributed by atoms with van der Waals surface area (Å²) in [6, 6.07) is 0.427. The Morgan fingerprint density at radius 3 is 2.67 bits per heavy atom. The van der Waals surface area contributed by atoms with E-state index in [1.165, 1.54) is 12.8 Å². The van der Waals surface area contributed by atoms with Gasteiger partial charge in [-0.05, 0) is 25.2 Å². The Labute approximate surface area is 91.2 Å². The highest BCUT2D eigenvalue weighted by Gasteiger charge is 2.34. The van der Waals surface area contributed by atoms with E-state index in [0.717, 1.165) is 13.0 Å². The minimum absolute atomic E-state index is 0.137. The molecule has 1 rings (SSSR count). The lowest BCUT2D eigenvalue weighted by Gasteiger charge is -2.29. The molecule has 0 bridgehead atoms. The molecule has 0 radical (unpaired) electrons. The number of carbonyl (C=O) groups is 1. The van der Waals surface area contributed by atoms with Gasteiger partial charge in [0.1, 0.15) is 0 Å². The van der Waals surface area contributed by atoms with Gasteiger partial charge < -0.3 is 9.84 Å². The molecule has 0 amide bonds. The lowest BCUT2D eigenvalue weighted by Crippen LogP contribution is -2.42. The molecule has 88 valence electrons. The van der Waals surface area contributed by atoms with Crippen LogP contribution < -0.4 is 0 Å². The number of hydrogen-bond acceptors (Lipinski definition) is 3. The van der Waals surface area contributed by atoms with Crippen LogP contribution in [0.2, 0.25) is 0 Å². The minimum atomic E-state index is -0.745. The fraction of sp³-hybridized carbons (Fsp3) is 0.909. The summed E-state index contributed by atoms with van der Waals surface area (Å²) in [7, 11) is 1.65. The van der Waals surface area contributed by atoms with Crippen LogP contribution in [0.3, 0.4) is 0 Å². The van der Waals surface area contributed by atoms with Gasteiger partial charge in [-0.3, -0.25) is 9.69 Å². The van der Waals surface area contributed by atoms with E-state index in [-0.39, 0.29) is 6.54 Å². The Morgan fingerprint density at radius 1 is 1.60 bits per heavy atom. The molecule has 0 saturated heterocycles. The summed E-state index contributed by atoms with van der Waals surface area (Å²) < 4.78 is 5.01. The molecule has 1 aliphatic rings. The summed E-state index contributed by atoms with van der Waals surface area (Å²) in [6.07, 6.45) is 3.53. The molecule has 4 heteroatoms. The van der Waals surface area contributed by atoms with Crippen molar-refractivity contribution in [2.75, 3.05) is 26.8 Å². The first-order valence-corrected chi connectivity index (χ1v) is 5.63. The number of carboxylic acid groups (broad SMARTS) is 1. The van der Waals surface area contributed by atoms with Crippen molar-refractivity contribution in [2.45, 2.75) is 32.2 Å². The summed E-state index contributed by atoms with van der Waals surface area (Å²) in [5, 5.41) is 8.85. The lowest BCUT2D eigenvalue weighted by molar-refractivity contribution is -0.139. The number of rotatable bonds is 8. The molecule has 1 unspecified atom stereocenters. The van der Waals surface area contributed by atoms with Gasteiger partial charge >= 0.3 is 5.97 Å². The second-order valence-electron chi connectivity index (χ2n) is 4.17. The van der Waals surface area contributed by atoms with Crippen molar-refractivity contribution in [3.8, 4) is 0 Å². The van der Waals surface area contributed by atoms with Gasteiger partial charge in [-0.1, -0.05) is 6.92 Å². The predicted molar refractivity (Wildman–Crippen MR) is 57.9 cm³/mol. The van der Waals surface area contributed by atoms with Crippen LogP contribution in [0.15, 0.2) is 0 Å². The van der Waals surface area contributed by atoms with Gasteiger partial charge in [-0.25, -0.2) is 0 Å². The van der Waals surface area contributed by atoms with Crippen LogP contribution in [0.4, 0.5) is 0 Å². The zero-order valence-electron chi connectivity index (χ0n) is 9.61. The molecular formula is C11H21NO3. The Bertz CT molecular complexity index is 204. The van der Waals surface area contributed by atoms with Crippen LogP contribution >= 0.6 is 0 Å². The number of ether oxygens (including phenoxy) is 1. The average Bonchev–Trinajstić information content (AvgIpc) is 2.98. The molecule has 1 atom stereocenters. The molecule has 15 heavy (non-hydrogen) atoms. The van der Waals surface area contributed by atoms with E-state index in [1.807, 2.05) is 4.90 Å². The first-order chi connectivity index (χ1) is 7.19. The quantitative estimate of drug-likeness (QED) is 0.661. The molecule has 1 aliphatic carbocycles. The monoisotopic (exact) mass is 215 g/mol. The van der Waals surface area contributed by atoms with Crippen molar-refractivity contribution >= 4 is 5.97 Å². The van der Waals surface area contributed by atoms with Gasteiger partial charge in [0, 0.05) is 19.7 Å². The topological polar surface area (TPSA) is 49.8 Å². The third-order valence-corrected chi connectivity index (χ3v) is 2.97.